The molecule has 0 heterocycles. The molecule has 0 aliphatic heterocycles. The van der Waals surface area contributed by atoms with Gasteiger partial charge in [-0.2, -0.15) is 0 Å². The van der Waals surface area contributed by atoms with Gasteiger partial charge < -0.3 is 9.84 Å². The molecule has 3 aromatic carbocycles. The summed E-state index contributed by atoms with van der Waals surface area (Å²) in [6.07, 6.45) is 0. The predicted octanol–water partition coefficient (Wildman–Crippen LogP) is 5.48. The Balaban J connectivity index is 2.13. The average molecular weight is 360 g/mol. The molecule has 27 heavy (non-hydrogen) atoms. The number of benzene rings is 3. The summed E-state index contributed by atoms with van der Waals surface area (Å²) in [6, 6.07) is 23.8. The third-order valence-electron chi connectivity index (χ3n) is 5.13. The molecule has 3 heteroatoms. The summed E-state index contributed by atoms with van der Waals surface area (Å²) in [5.41, 5.74) is 4.13. The maximum atomic E-state index is 12.3. The predicted molar refractivity (Wildman–Crippen MR) is 107 cm³/mol. The van der Waals surface area contributed by atoms with Gasteiger partial charge in [-0.3, -0.25) is 0 Å². The van der Waals surface area contributed by atoms with Gasteiger partial charge in [-0.1, -0.05) is 80.6 Å². The van der Waals surface area contributed by atoms with Crippen LogP contribution in [0.15, 0.2) is 72.8 Å². The smallest absolute Gasteiger partial charge is 0.341 e. The molecule has 0 aromatic heterocycles. The molecule has 0 spiro atoms. The van der Waals surface area contributed by atoms with Gasteiger partial charge in [0.15, 0.2) is 0 Å². The Hall–Kier alpha value is -3.07. The summed E-state index contributed by atoms with van der Waals surface area (Å²) < 4.78 is 4.90. The van der Waals surface area contributed by atoms with Gasteiger partial charge in [-0.15, -0.1) is 0 Å². The number of phenols is 1. The molecular weight excluding hydrogens is 336 g/mol. The molecule has 3 aromatic rings. The quantitative estimate of drug-likeness (QED) is 0.613. The van der Waals surface area contributed by atoms with E-state index in [9.17, 15) is 9.90 Å². The number of phenolic OH excluding ortho intramolecular Hbond substituents is 1. The van der Waals surface area contributed by atoms with Crippen molar-refractivity contribution in [1.29, 1.82) is 0 Å². The van der Waals surface area contributed by atoms with Crippen molar-refractivity contribution in [2.75, 3.05) is 7.11 Å². The van der Waals surface area contributed by atoms with E-state index in [1.807, 2.05) is 61.5 Å². The first kappa shape index (κ1) is 18.7. The van der Waals surface area contributed by atoms with E-state index in [4.69, 9.17) is 4.74 Å². The fraction of sp³-hybridized carbons (Fsp3) is 0.208. The third kappa shape index (κ3) is 3.87. The van der Waals surface area contributed by atoms with Crippen molar-refractivity contribution in [3.63, 3.8) is 0 Å². The molecule has 0 fully saturated rings. The number of hydrogen-bond donors (Lipinski definition) is 1. The van der Waals surface area contributed by atoms with E-state index in [-0.39, 0.29) is 23.1 Å². The second-order valence-corrected chi connectivity index (χ2v) is 6.76. The van der Waals surface area contributed by atoms with Crippen LogP contribution in [0.4, 0.5) is 0 Å². The van der Waals surface area contributed by atoms with Gasteiger partial charge in [-0.05, 0) is 22.8 Å². The minimum atomic E-state index is -0.531. The van der Waals surface area contributed by atoms with E-state index >= 15 is 0 Å². The lowest BCUT2D eigenvalue weighted by molar-refractivity contribution is 0.0597. The number of carbonyl (C=O) groups is 1. The minimum Gasteiger partial charge on any atom is -0.507 e. The van der Waals surface area contributed by atoms with Gasteiger partial charge in [-0.25, -0.2) is 4.79 Å². The topological polar surface area (TPSA) is 46.5 Å². The van der Waals surface area contributed by atoms with Crippen LogP contribution in [0.25, 0.3) is 0 Å². The van der Waals surface area contributed by atoms with Crippen LogP contribution in [0.1, 0.15) is 58.3 Å². The van der Waals surface area contributed by atoms with Gasteiger partial charge in [0.25, 0.3) is 0 Å². The second kappa shape index (κ2) is 8.09. The molecule has 0 bridgehead atoms. The fourth-order valence-corrected chi connectivity index (χ4v) is 3.38. The number of aromatic hydroxyl groups is 1. The Labute approximate surface area is 160 Å². The van der Waals surface area contributed by atoms with E-state index in [0.29, 0.717) is 0 Å². The van der Waals surface area contributed by atoms with Crippen LogP contribution in [0, 0.1) is 0 Å². The summed E-state index contributed by atoms with van der Waals surface area (Å²) in [5, 5.41) is 10.8. The number of methoxy groups -OCH3 is 1. The number of carbonyl (C=O) groups excluding carboxylic acids is 1. The second-order valence-electron chi connectivity index (χ2n) is 6.76. The van der Waals surface area contributed by atoms with Crippen molar-refractivity contribution in [2.45, 2.75) is 25.7 Å². The molecule has 2 unspecified atom stereocenters. The fourth-order valence-electron chi connectivity index (χ4n) is 3.38. The zero-order chi connectivity index (χ0) is 19.4. The van der Waals surface area contributed by atoms with Gasteiger partial charge in [0.1, 0.15) is 11.3 Å². The number of esters is 1. The molecule has 3 nitrogen and oxygen atoms in total. The first-order valence-corrected chi connectivity index (χ1v) is 9.08. The van der Waals surface area contributed by atoms with Crippen LogP contribution in [-0.4, -0.2) is 18.2 Å². The Kier molecular flexibility index (Phi) is 5.60. The zero-order valence-corrected chi connectivity index (χ0v) is 15.8. The van der Waals surface area contributed by atoms with E-state index in [1.165, 1.54) is 7.11 Å². The van der Waals surface area contributed by atoms with Crippen molar-refractivity contribution in [3.05, 3.63) is 101 Å². The molecule has 138 valence electrons. The monoisotopic (exact) mass is 360 g/mol. The van der Waals surface area contributed by atoms with Crippen LogP contribution < -0.4 is 0 Å². The van der Waals surface area contributed by atoms with E-state index in [2.05, 4.69) is 19.1 Å². The summed E-state index contributed by atoms with van der Waals surface area (Å²) in [5.74, 6) is -0.521. The highest BCUT2D eigenvalue weighted by Gasteiger charge is 2.23. The van der Waals surface area contributed by atoms with E-state index in [1.54, 1.807) is 6.07 Å². The number of hydrogen-bond acceptors (Lipinski definition) is 3. The number of rotatable bonds is 5. The molecular formula is C24H24O3. The summed E-state index contributed by atoms with van der Waals surface area (Å²) in [7, 11) is 1.33. The van der Waals surface area contributed by atoms with Gasteiger partial charge in [0.05, 0.1) is 7.11 Å². The Morgan fingerprint density at radius 3 is 1.85 bits per heavy atom. The van der Waals surface area contributed by atoms with Crippen molar-refractivity contribution >= 4 is 5.97 Å². The molecule has 0 aliphatic carbocycles. The largest absolute Gasteiger partial charge is 0.507 e. The molecule has 0 saturated carbocycles. The SMILES string of the molecule is COC(=O)c1cc(C(C)c2ccccc2)cc(C(C)c2ccccc2)c1O. The van der Waals surface area contributed by atoms with Crippen molar-refractivity contribution < 1.29 is 14.6 Å². The van der Waals surface area contributed by atoms with Crippen LogP contribution in [0.3, 0.4) is 0 Å². The molecule has 0 radical (unpaired) electrons. The normalized spacial score (nSPS) is 13.0. The number of ether oxygens (including phenoxy) is 1. The third-order valence-corrected chi connectivity index (χ3v) is 5.13. The average Bonchev–Trinajstić information content (AvgIpc) is 2.73. The first-order valence-electron chi connectivity index (χ1n) is 9.08. The standard InChI is InChI=1S/C24H24O3/c1-16(18-10-6-4-7-11-18)20-14-21(17(2)19-12-8-5-9-13-19)23(25)22(15-20)24(26)27-3/h4-17,25H,1-3H3. The first-order chi connectivity index (χ1) is 13.0. The van der Waals surface area contributed by atoms with E-state index in [0.717, 1.165) is 22.3 Å². The summed E-state index contributed by atoms with van der Waals surface area (Å²) in [4.78, 5) is 12.3. The Morgan fingerprint density at radius 1 is 0.815 bits per heavy atom. The van der Waals surface area contributed by atoms with E-state index < -0.39 is 5.97 Å². The highest BCUT2D eigenvalue weighted by molar-refractivity contribution is 5.93. The van der Waals surface area contributed by atoms with Gasteiger partial charge in [0, 0.05) is 17.4 Å². The lowest BCUT2D eigenvalue weighted by Crippen LogP contribution is -2.08. The molecule has 1 N–H and O–H groups in total. The summed E-state index contributed by atoms with van der Waals surface area (Å²) >= 11 is 0. The summed E-state index contributed by atoms with van der Waals surface area (Å²) in [6.45, 7) is 4.13. The Bertz CT molecular complexity index is 917. The van der Waals surface area contributed by atoms with Crippen LogP contribution in [-0.2, 0) is 4.74 Å². The van der Waals surface area contributed by atoms with Crippen LogP contribution in [0.5, 0.6) is 5.75 Å². The van der Waals surface area contributed by atoms with Crippen molar-refractivity contribution in [3.8, 4) is 5.75 Å². The molecule has 0 saturated heterocycles. The highest BCUT2D eigenvalue weighted by atomic mass is 16.5. The van der Waals surface area contributed by atoms with Crippen molar-refractivity contribution in [2.24, 2.45) is 0 Å². The molecule has 3 rings (SSSR count). The van der Waals surface area contributed by atoms with Crippen molar-refractivity contribution in [1.82, 2.24) is 0 Å². The molecule has 0 aliphatic rings. The molecule has 2 atom stereocenters. The maximum Gasteiger partial charge on any atom is 0.341 e. The highest BCUT2D eigenvalue weighted by Crippen LogP contribution is 2.37. The lowest BCUT2D eigenvalue weighted by atomic mass is 9.85. The zero-order valence-electron chi connectivity index (χ0n) is 15.8. The van der Waals surface area contributed by atoms with Crippen LogP contribution in [0.2, 0.25) is 0 Å². The maximum absolute atomic E-state index is 12.3. The Morgan fingerprint density at radius 2 is 1.33 bits per heavy atom. The lowest BCUT2D eigenvalue weighted by Gasteiger charge is -2.20. The molecule has 0 amide bonds. The van der Waals surface area contributed by atoms with Gasteiger partial charge >= 0.3 is 5.97 Å². The van der Waals surface area contributed by atoms with Crippen LogP contribution >= 0.6 is 0 Å². The van der Waals surface area contributed by atoms with Gasteiger partial charge in [0.2, 0.25) is 0 Å². The minimum absolute atomic E-state index is 0.0118.